The maximum absolute atomic E-state index is 12.9. The number of benzene rings is 1. The van der Waals surface area contributed by atoms with Crippen LogP contribution in [-0.4, -0.2) is 28.5 Å². The summed E-state index contributed by atoms with van der Waals surface area (Å²) in [5.74, 6) is -0.777. The lowest BCUT2D eigenvalue weighted by atomic mass is 10.2. The normalized spacial score (nSPS) is 11.2. The predicted octanol–water partition coefficient (Wildman–Crippen LogP) is 3.57. The standard InChI is InChI=1S/C14H13F3N4O3/c1-3-20(10-6-4-5-7-11(10)21(22)23)13-18-8-9(14(15,16)17)12(19-13)24-2/h4-8H,3H2,1-2H3. The molecule has 0 aliphatic heterocycles. The third kappa shape index (κ3) is 3.36. The zero-order chi connectivity index (χ0) is 17.9. The van der Waals surface area contributed by atoms with Gasteiger partial charge in [-0.1, -0.05) is 12.1 Å². The zero-order valence-electron chi connectivity index (χ0n) is 12.7. The van der Waals surface area contributed by atoms with Gasteiger partial charge >= 0.3 is 6.18 Å². The largest absolute Gasteiger partial charge is 0.480 e. The minimum atomic E-state index is -4.67. The van der Waals surface area contributed by atoms with Crippen molar-refractivity contribution in [3.05, 3.63) is 46.1 Å². The minimum absolute atomic E-state index is 0.128. The van der Waals surface area contributed by atoms with E-state index in [0.29, 0.717) is 6.20 Å². The molecule has 10 heteroatoms. The zero-order valence-corrected chi connectivity index (χ0v) is 12.7. The summed E-state index contributed by atoms with van der Waals surface area (Å²) in [6.07, 6.45) is -4.07. The number of nitro benzene ring substituents is 1. The number of aromatic nitrogens is 2. The smallest absolute Gasteiger partial charge is 0.423 e. The lowest BCUT2D eigenvalue weighted by Crippen LogP contribution is -2.21. The fourth-order valence-electron chi connectivity index (χ4n) is 2.10. The Morgan fingerprint density at radius 3 is 2.54 bits per heavy atom. The fraction of sp³-hybridized carbons (Fsp3) is 0.286. The number of halogens is 3. The number of hydrogen-bond acceptors (Lipinski definition) is 6. The minimum Gasteiger partial charge on any atom is -0.480 e. The lowest BCUT2D eigenvalue weighted by Gasteiger charge is -2.21. The summed E-state index contributed by atoms with van der Waals surface area (Å²) in [6, 6.07) is 5.82. The van der Waals surface area contributed by atoms with E-state index in [2.05, 4.69) is 14.7 Å². The Balaban J connectivity index is 2.55. The van der Waals surface area contributed by atoms with Gasteiger partial charge in [0.25, 0.3) is 5.69 Å². The van der Waals surface area contributed by atoms with E-state index in [1.807, 2.05) is 0 Å². The third-order valence-electron chi connectivity index (χ3n) is 3.17. The lowest BCUT2D eigenvalue weighted by molar-refractivity contribution is -0.384. The van der Waals surface area contributed by atoms with Crippen LogP contribution in [0.2, 0.25) is 0 Å². The molecule has 0 N–H and O–H groups in total. The molecule has 0 unspecified atom stereocenters. The molecule has 1 heterocycles. The average Bonchev–Trinajstić information content (AvgIpc) is 2.54. The molecule has 0 atom stereocenters. The fourth-order valence-corrected chi connectivity index (χ4v) is 2.10. The maximum atomic E-state index is 12.9. The molecule has 0 saturated carbocycles. The van der Waals surface area contributed by atoms with Crippen LogP contribution >= 0.6 is 0 Å². The molecule has 0 amide bonds. The molecule has 7 nitrogen and oxygen atoms in total. The molecule has 2 rings (SSSR count). The molecule has 0 spiro atoms. The molecule has 0 aliphatic carbocycles. The summed E-state index contributed by atoms with van der Waals surface area (Å²) in [6.45, 7) is 1.88. The molecule has 0 saturated heterocycles. The van der Waals surface area contributed by atoms with Gasteiger partial charge in [-0.2, -0.15) is 18.2 Å². The molecule has 0 fully saturated rings. The Hall–Kier alpha value is -2.91. The topological polar surface area (TPSA) is 81.4 Å². The van der Waals surface area contributed by atoms with Gasteiger partial charge in [-0.15, -0.1) is 0 Å². The Morgan fingerprint density at radius 1 is 1.33 bits per heavy atom. The van der Waals surface area contributed by atoms with Crippen LogP contribution in [0.5, 0.6) is 5.88 Å². The number of nitro groups is 1. The summed E-state index contributed by atoms with van der Waals surface area (Å²) in [5, 5.41) is 11.1. The van der Waals surface area contributed by atoms with Crippen LogP contribution in [0.25, 0.3) is 0 Å². The first-order valence-corrected chi connectivity index (χ1v) is 6.78. The second kappa shape index (κ2) is 6.69. The molecule has 0 bridgehead atoms. The van der Waals surface area contributed by atoms with Crippen LogP contribution < -0.4 is 9.64 Å². The summed E-state index contributed by atoms with van der Waals surface area (Å²) in [7, 11) is 1.06. The number of methoxy groups -OCH3 is 1. The Morgan fingerprint density at radius 2 is 2.00 bits per heavy atom. The molecule has 2 aromatic rings. The van der Waals surface area contributed by atoms with Crippen molar-refractivity contribution in [1.82, 2.24) is 9.97 Å². The first-order valence-electron chi connectivity index (χ1n) is 6.78. The second-order valence-electron chi connectivity index (χ2n) is 4.58. The first-order chi connectivity index (χ1) is 11.3. The summed E-state index contributed by atoms with van der Waals surface area (Å²) in [4.78, 5) is 19.3. The first kappa shape index (κ1) is 17.4. The van der Waals surface area contributed by atoms with E-state index in [1.165, 1.54) is 23.1 Å². The summed E-state index contributed by atoms with van der Waals surface area (Å²) in [5.41, 5.74) is -1.15. The van der Waals surface area contributed by atoms with Crippen LogP contribution in [0.3, 0.4) is 0 Å². The number of nitrogens with zero attached hydrogens (tertiary/aromatic N) is 4. The van der Waals surface area contributed by atoms with Gasteiger partial charge in [-0.05, 0) is 13.0 Å². The predicted molar refractivity (Wildman–Crippen MR) is 79.4 cm³/mol. The summed E-state index contributed by atoms with van der Waals surface area (Å²) >= 11 is 0. The van der Waals surface area contributed by atoms with Gasteiger partial charge in [0, 0.05) is 18.8 Å². The van der Waals surface area contributed by atoms with Gasteiger partial charge in [0.05, 0.1) is 12.0 Å². The second-order valence-corrected chi connectivity index (χ2v) is 4.58. The van der Waals surface area contributed by atoms with Crippen LogP contribution in [-0.2, 0) is 6.18 Å². The number of hydrogen-bond donors (Lipinski definition) is 0. The molecule has 1 aromatic heterocycles. The third-order valence-corrected chi connectivity index (χ3v) is 3.17. The van der Waals surface area contributed by atoms with Crippen molar-refractivity contribution in [3.63, 3.8) is 0 Å². The molecule has 24 heavy (non-hydrogen) atoms. The molecule has 0 aliphatic rings. The highest BCUT2D eigenvalue weighted by Gasteiger charge is 2.36. The van der Waals surface area contributed by atoms with Gasteiger partial charge < -0.3 is 9.64 Å². The van der Waals surface area contributed by atoms with E-state index >= 15 is 0 Å². The van der Waals surface area contributed by atoms with Gasteiger partial charge in [-0.3, -0.25) is 10.1 Å². The Labute approximate surface area is 134 Å². The highest BCUT2D eigenvalue weighted by atomic mass is 19.4. The van der Waals surface area contributed by atoms with Crippen molar-refractivity contribution in [2.45, 2.75) is 13.1 Å². The highest BCUT2D eigenvalue weighted by Crippen LogP contribution is 2.37. The van der Waals surface area contributed by atoms with Crippen LogP contribution in [0, 0.1) is 10.1 Å². The summed E-state index contributed by atoms with van der Waals surface area (Å²) < 4.78 is 43.3. The molecule has 1 aromatic carbocycles. The SMILES string of the molecule is CCN(c1ncc(C(F)(F)F)c(OC)n1)c1ccccc1[N+](=O)[O-]. The van der Waals surface area contributed by atoms with E-state index < -0.39 is 22.5 Å². The highest BCUT2D eigenvalue weighted by molar-refractivity contribution is 5.69. The monoisotopic (exact) mass is 342 g/mol. The van der Waals surface area contributed by atoms with E-state index in [4.69, 9.17) is 0 Å². The van der Waals surface area contributed by atoms with Gasteiger partial charge in [-0.25, -0.2) is 4.98 Å². The van der Waals surface area contributed by atoms with Crippen molar-refractivity contribution in [3.8, 4) is 5.88 Å². The molecule has 128 valence electrons. The molecular formula is C14H13F3N4O3. The van der Waals surface area contributed by atoms with Crippen molar-refractivity contribution in [2.75, 3.05) is 18.6 Å². The number of alkyl halides is 3. The molecular weight excluding hydrogens is 329 g/mol. The number of para-hydroxylation sites is 2. The van der Waals surface area contributed by atoms with Crippen molar-refractivity contribution >= 4 is 17.3 Å². The number of rotatable bonds is 5. The van der Waals surface area contributed by atoms with Crippen molar-refractivity contribution < 1.29 is 22.8 Å². The number of ether oxygens (including phenoxy) is 1. The van der Waals surface area contributed by atoms with Gasteiger partial charge in [0.1, 0.15) is 11.3 Å². The van der Waals surface area contributed by atoms with Crippen LogP contribution in [0.4, 0.5) is 30.5 Å². The van der Waals surface area contributed by atoms with E-state index in [-0.39, 0.29) is 23.9 Å². The van der Waals surface area contributed by atoms with Crippen LogP contribution in [0.1, 0.15) is 12.5 Å². The quantitative estimate of drug-likeness (QED) is 0.610. The molecule has 0 radical (unpaired) electrons. The van der Waals surface area contributed by atoms with Crippen molar-refractivity contribution in [2.24, 2.45) is 0 Å². The Bertz CT molecular complexity index is 752. The van der Waals surface area contributed by atoms with Crippen molar-refractivity contribution in [1.29, 1.82) is 0 Å². The van der Waals surface area contributed by atoms with Gasteiger partial charge in [0.15, 0.2) is 0 Å². The van der Waals surface area contributed by atoms with Crippen LogP contribution in [0.15, 0.2) is 30.5 Å². The average molecular weight is 342 g/mol. The van der Waals surface area contributed by atoms with E-state index in [9.17, 15) is 23.3 Å². The maximum Gasteiger partial charge on any atom is 0.423 e. The van der Waals surface area contributed by atoms with E-state index in [1.54, 1.807) is 13.0 Å². The van der Waals surface area contributed by atoms with Gasteiger partial charge in [0.2, 0.25) is 11.8 Å². The Kier molecular flexibility index (Phi) is 4.86. The van der Waals surface area contributed by atoms with E-state index in [0.717, 1.165) is 7.11 Å². The number of anilines is 2.